The van der Waals surface area contributed by atoms with Crippen molar-refractivity contribution in [3.8, 4) is 0 Å². The topological polar surface area (TPSA) is 105 Å². The zero-order valence-corrected chi connectivity index (χ0v) is 19.7. The number of oxime groups is 1. The Morgan fingerprint density at radius 2 is 1.53 bits per heavy atom. The van der Waals surface area contributed by atoms with E-state index in [4.69, 9.17) is 28.5 Å². The highest BCUT2D eigenvalue weighted by molar-refractivity contribution is 6.23. The number of hydrogen-bond acceptors (Lipinski definition) is 9. The monoisotopic (exact) mass is 472 g/mol. The van der Waals surface area contributed by atoms with Crippen molar-refractivity contribution in [3.05, 3.63) is 35.4 Å². The van der Waals surface area contributed by atoms with Gasteiger partial charge in [-0.05, 0) is 34.6 Å². The van der Waals surface area contributed by atoms with Gasteiger partial charge in [0.25, 0.3) is 5.91 Å². The number of fused-ring (bicyclic) bond motifs is 4. The lowest BCUT2D eigenvalue weighted by Crippen LogP contribution is -2.58. The van der Waals surface area contributed by atoms with E-state index in [-0.39, 0.29) is 12.5 Å². The number of benzene rings is 1. The molecule has 0 radical (unpaired) electrons. The maximum atomic E-state index is 13.4. The van der Waals surface area contributed by atoms with Crippen LogP contribution in [0.1, 0.15) is 38.8 Å². The van der Waals surface area contributed by atoms with Crippen molar-refractivity contribution >= 4 is 17.5 Å². The summed E-state index contributed by atoms with van der Waals surface area (Å²) in [6, 6.07) is 7.61. The summed E-state index contributed by atoms with van der Waals surface area (Å²) in [6.07, 6.45) is -3.82. The number of likely N-dealkylation sites (tertiary alicyclic amines) is 1. The van der Waals surface area contributed by atoms with Gasteiger partial charge in [0.05, 0.1) is 6.54 Å². The molecule has 0 spiro atoms. The highest BCUT2D eigenvalue weighted by Crippen LogP contribution is 2.44. The van der Waals surface area contributed by atoms with Crippen LogP contribution in [0.5, 0.6) is 0 Å². The second kappa shape index (κ2) is 7.32. The molecule has 4 fully saturated rings. The highest BCUT2D eigenvalue weighted by Gasteiger charge is 2.62. The Balaban J connectivity index is 1.25. The minimum atomic E-state index is -0.974. The molecule has 1 aromatic carbocycles. The molecule has 1 aromatic rings. The SMILES string of the molecule is Cc1ccc(C2=NO[C@H]3C(=O)N(C[C@H]4O[C@@H]5OC(C)(C)O[C@@H]5[C@H]5OC(C)(C)O[C@H]54)C(=O)[C@@H]23)cc1. The van der Waals surface area contributed by atoms with Gasteiger partial charge in [0.2, 0.25) is 12.0 Å². The summed E-state index contributed by atoms with van der Waals surface area (Å²) in [5.74, 6) is -3.31. The minimum Gasteiger partial charge on any atom is -0.381 e. The van der Waals surface area contributed by atoms with E-state index in [1.165, 1.54) is 4.90 Å². The highest BCUT2D eigenvalue weighted by atomic mass is 16.9. The number of carbonyl (C=O) groups excluding carboxylic acids is 2. The fraction of sp³-hybridized carbons (Fsp3) is 0.625. The van der Waals surface area contributed by atoms with Gasteiger partial charge in [-0.1, -0.05) is 35.0 Å². The van der Waals surface area contributed by atoms with Crippen molar-refractivity contribution in [3.63, 3.8) is 0 Å². The van der Waals surface area contributed by atoms with Crippen LogP contribution in [0.4, 0.5) is 0 Å². The molecule has 6 rings (SSSR count). The van der Waals surface area contributed by atoms with Crippen LogP contribution in [-0.2, 0) is 38.1 Å². The predicted octanol–water partition coefficient (Wildman–Crippen LogP) is 1.48. The number of aryl methyl sites for hydroxylation is 1. The third-order valence-electron chi connectivity index (χ3n) is 6.86. The van der Waals surface area contributed by atoms with Gasteiger partial charge in [0.1, 0.15) is 36.0 Å². The Bertz CT molecular complexity index is 1070. The lowest BCUT2D eigenvalue weighted by molar-refractivity contribution is -0.236. The molecule has 10 heteroatoms. The molecule has 0 aromatic heterocycles. The first kappa shape index (κ1) is 22.1. The molecule has 2 amide bonds. The van der Waals surface area contributed by atoms with Crippen LogP contribution in [0.15, 0.2) is 29.4 Å². The zero-order valence-electron chi connectivity index (χ0n) is 19.7. The third kappa shape index (κ3) is 3.39. The van der Waals surface area contributed by atoms with E-state index in [0.29, 0.717) is 5.71 Å². The number of amides is 2. The number of imide groups is 1. The molecule has 4 saturated heterocycles. The number of carbonyl (C=O) groups is 2. The van der Waals surface area contributed by atoms with Crippen LogP contribution in [0.3, 0.4) is 0 Å². The number of nitrogens with zero attached hydrogens (tertiary/aromatic N) is 2. The molecule has 182 valence electrons. The van der Waals surface area contributed by atoms with Gasteiger partial charge in [0.15, 0.2) is 17.9 Å². The van der Waals surface area contributed by atoms with Gasteiger partial charge in [-0.2, -0.15) is 0 Å². The second-order valence-electron chi connectivity index (χ2n) is 10.3. The molecule has 0 N–H and O–H groups in total. The van der Waals surface area contributed by atoms with E-state index in [1.54, 1.807) is 13.8 Å². The second-order valence-corrected chi connectivity index (χ2v) is 10.3. The van der Waals surface area contributed by atoms with E-state index in [9.17, 15) is 9.59 Å². The lowest BCUT2D eigenvalue weighted by atomic mass is 9.93. The molecule has 0 saturated carbocycles. The molecular weight excluding hydrogens is 444 g/mol. The summed E-state index contributed by atoms with van der Waals surface area (Å²) in [5, 5.41) is 4.07. The van der Waals surface area contributed by atoms with Gasteiger partial charge in [-0.15, -0.1) is 0 Å². The van der Waals surface area contributed by atoms with Crippen molar-refractivity contribution in [1.29, 1.82) is 0 Å². The molecule has 10 nitrogen and oxygen atoms in total. The predicted molar refractivity (Wildman–Crippen MR) is 115 cm³/mol. The maximum absolute atomic E-state index is 13.4. The summed E-state index contributed by atoms with van der Waals surface area (Å²) in [5.41, 5.74) is 2.30. The van der Waals surface area contributed by atoms with Crippen LogP contribution in [0.2, 0.25) is 0 Å². The molecule has 0 aliphatic carbocycles. The summed E-state index contributed by atoms with van der Waals surface area (Å²) in [6.45, 7) is 9.20. The average Bonchev–Trinajstić information content (AvgIpc) is 3.47. The molecule has 5 aliphatic heterocycles. The van der Waals surface area contributed by atoms with E-state index >= 15 is 0 Å². The molecule has 5 heterocycles. The normalized spacial score (nSPS) is 39.5. The average molecular weight is 472 g/mol. The van der Waals surface area contributed by atoms with Crippen LogP contribution in [0.25, 0.3) is 0 Å². The van der Waals surface area contributed by atoms with Crippen molar-refractivity contribution < 1.29 is 38.1 Å². The van der Waals surface area contributed by atoms with Gasteiger partial charge < -0.3 is 28.5 Å². The minimum absolute atomic E-state index is 0.0111. The molecule has 0 unspecified atom stereocenters. The van der Waals surface area contributed by atoms with E-state index in [1.807, 2.05) is 45.0 Å². The summed E-state index contributed by atoms with van der Waals surface area (Å²) in [7, 11) is 0. The molecule has 5 aliphatic rings. The van der Waals surface area contributed by atoms with E-state index < -0.39 is 60.2 Å². The molecule has 34 heavy (non-hydrogen) atoms. The fourth-order valence-corrected chi connectivity index (χ4v) is 5.40. The van der Waals surface area contributed by atoms with Crippen LogP contribution in [-0.4, -0.2) is 77.4 Å². The largest absolute Gasteiger partial charge is 0.381 e. The van der Waals surface area contributed by atoms with E-state index in [0.717, 1.165) is 11.1 Å². The molecular formula is C24H28N2O8. The first-order valence-electron chi connectivity index (χ1n) is 11.6. The van der Waals surface area contributed by atoms with Gasteiger partial charge in [0, 0.05) is 5.56 Å². The fourth-order valence-electron chi connectivity index (χ4n) is 5.40. The Hall–Kier alpha value is -2.37. The first-order chi connectivity index (χ1) is 16.0. The van der Waals surface area contributed by atoms with Crippen molar-refractivity contribution in [2.24, 2.45) is 11.1 Å². The maximum Gasteiger partial charge on any atom is 0.274 e. The standard InChI is InChI=1S/C24H28N2O8/c1-11-6-8-12(9-7-11)15-14-17(34-25-15)21(28)26(20(14)27)10-13-16-18(31-23(2,3)30-16)19-22(29-13)33-24(4,5)32-19/h6-9,13-14,16-19,22H,10H2,1-5H3/t13-,14+,16+,17-,18+,19-,22-/m1/s1. The molecule has 7 atom stereocenters. The zero-order chi connectivity index (χ0) is 24.0. The number of rotatable bonds is 3. The summed E-state index contributed by atoms with van der Waals surface area (Å²) in [4.78, 5) is 33.2. The third-order valence-corrected chi connectivity index (χ3v) is 6.86. The van der Waals surface area contributed by atoms with Crippen molar-refractivity contribution in [2.45, 2.75) is 83.0 Å². The quantitative estimate of drug-likeness (QED) is 0.610. The smallest absolute Gasteiger partial charge is 0.274 e. The first-order valence-corrected chi connectivity index (χ1v) is 11.6. The van der Waals surface area contributed by atoms with Crippen LogP contribution >= 0.6 is 0 Å². The van der Waals surface area contributed by atoms with Crippen molar-refractivity contribution in [2.75, 3.05) is 6.54 Å². The Kier molecular flexibility index (Phi) is 4.76. The number of ether oxygens (including phenoxy) is 5. The summed E-state index contributed by atoms with van der Waals surface area (Å²) >= 11 is 0. The van der Waals surface area contributed by atoms with Crippen LogP contribution < -0.4 is 0 Å². The van der Waals surface area contributed by atoms with Gasteiger partial charge >= 0.3 is 0 Å². The number of hydrogen-bond donors (Lipinski definition) is 0. The van der Waals surface area contributed by atoms with Crippen LogP contribution in [0, 0.1) is 12.8 Å². The Labute approximate surface area is 197 Å². The summed E-state index contributed by atoms with van der Waals surface area (Å²) < 4.78 is 30.4. The van der Waals surface area contributed by atoms with E-state index in [2.05, 4.69) is 5.16 Å². The Morgan fingerprint density at radius 3 is 2.26 bits per heavy atom. The van der Waals surface area contributed by atoms with Crippen molar-refractivity contribution in [1.82, 2.24) is 4.90 Å². The van der Waals surface area contributed by atoms with Gasteiger partial charge in [-0.3, -0.25) is 14.5 Å². The Morgan fingerprint density at radius 1 is 0.882 bits per heavy atom. The lowest BCUT2D eigenvalue weighted by Gasteiger charge is -2.38. The van der Waals surface area contributed by atoms with Gasteiger partial charge in [-0.25, -0.2) is 0 Å². The molecule has 0 bridgehead atoms.